The monoisotopic (exact) mass is 418 g/mol. The van der Waals surface area contributed by atoms with Crippen LogP contribution in [0.3, 0.4) is 0 Å². The molecule has 1 saturated heterocycles. The second kappa shape index (κ2) is 10.8. The van der Waals surface area contributed by atoms with E-state index in [1.807, 2.05) is 0 Å². The molecule has 0 aromatic rings. The van der Waals surface area contributed by atoms with Crippen molar-refractivity contribution in [3.8, 4) is 0 Å². The summed E-state index contributed by atoms with van der Waals surface area (Å²) in [6, 6.07) is 0. The van der Waals surface area contributed by atoms with Gasteiger partial charge in [-0.25, -0.2) is 4.39 Å². The fourth-order valence-corrected chi connectivity index (χ4v) is 6.33. The van der Waals surface area contributed by atoms with Crippen molar-refractivity contribution >= 4 is 0 Å². The van der Waals surface area contributed by atoms with Gasteiger partial charge in [0.1, 0.15) is 5.83 Å². The van der Waals surface area contributed by atoms with Crippen molar-refractivity contribution in [3.05, 3.63) is 23.6 Å². The zero-order valence-corrected chi connectivity index (χ0v) is 19.3. The van der Waals surface area contributed by atoms with Crippen LogP contribution in [-0.2, 0) is 9.47 Å². The quantitative estimate of drug-likeness (QED) is 0.442. The average Bonchev–Trinajstić information content (AvgIpc) is 2.79. The van der Waals surface area contributed by atoms with E-state index in [9.17, 15) is 4.39 Å². The molecule has 2 saturated carbocycles. The lowest BCUT2D eigenvalue weighted by Crippen LogP contribution is -2.40. The average molecular weight is 419 g/mol. The highest BCUT2D eigenvalue weighted by atomic mass is 19.1. The van der Waals surface area contributed by atoms with Crippen LogP contribution in [0.25, 0.3) is 0 Å². The fraction of sp³-hybridized carbons (Fsp3) is 0.852. The fourth-order valence-electron chi connectivity index (χ4n) is 6.33. The van der Waals surface area contributed by atoms with Gasteiger partial charge in [-0.1, -0.05) is 64.9 Å². The molecule has 0 bridgehead atoms. The Morgan fingerprint density at radius 2 is 1.63 bits per heavy atom. The van der Waals surface area contributed by atoms with E-state index in [2.05, 4.69) is 19.9 Å². The molecule has 0 aromatic carbocycles. The third kappa shape index (κ3) is 5.57. The highest BCUT2D eigenvalue weighted by Gasteiger charge is 2.35. The Balaban J connectivity index is 1.22. The summed E-state index contributed by atoms with van der Waals surface area (Å²) in [5.74, 6) is 3.47. The maximum absolute atomic E-state index is 14.9. The smallest absolute Gasteiger partial charge is 0.164 e. The summed E-state index contributed by atoms with van der Waals surface area (Å²) < 4.78 is 27.2. The van der Waals surface area contributed by atoms with E-state index >= 15 is 0 Å². The van der Waals surface area contributed by atoms with E-state index < -0.39 is 0 Å². The van der Waals surface area contributed by atoms with Gasteiger partial charge >= 0.3 is 0 Å². The van der Waals surface area contributed by atoms with E-state index in [-0.39, 0.29) is 18.0 Å². The van der Waals surface area contributed by atoms with Crippen molar-refractivity contribution in [1.82, 2.24) is 0 Å². The van der Waals surface area contributed by atoms with Crippen molar-refractivity contribution in [3.63, 3.8) is 0 Å². The largest absolute Gasteiger partial charge is 0.352 e. The highest BCUT2D eigenvalue weighted by molar-refractivity contribution is 5.32. The molecule has 4 aliphatic rings. The Labute approximate surface area is 183 Å². The molecular formula is C27H43FO2. The molecule has 170 valence electrons. The van der Waals surface area contributed by atoms with Crippen LogP contribution in [0.2, 0.25) is 0 Å². The molecule has 30 heavy (non-hydrogen) atoms. The highest BCUT2D eigenvalue weighted by Crippen LogP contribution is 2.41. The van der Waals surface area contributed by atoms with E-state index in [4.69, 9.17) is 9.47 Å². The van der Waals surface area contributed by atoms with Crippen molar-refractivity contribution < 1.29 is 13.9 Å². The summed E-state index contributed by atoms with van der Waals surface area (Å²) in [6.07, 6.45) is 18.8. The van der Waals surface area contributed by atoms with Gasteiger partial charge in [-0.2, -0.15) is 0 Å². The second-order valence-corrected chi connectivity index (χ2v) is 10.7. The second-order valence-electron chi connectivity index (χ2n) is 10.7. The SMILES string of the molecule is CCCCC1CCC(C2COC(C3C=C(F)C(C4CCC(C)CC4)=CC3)OC2)CC1. The first-order chi connectivity index (χ1) is 14.6. The van der Waals surface area contributed by atoms with Gasteiger partial charge < -0.3 is 9.47 Å². The van der Waals surface area contributed by atoms with Crippen molar-refractivity contribution in [1.29, 1.82) is 0 Å². The molecule has 3 aliphatic carbocycles. The first-order valence-electron chi connectivity index (χ1n) is 12.9. The Hall–Kier alpha value is -0.670. The minimum absolute atomic E-state index is 0.00877. The van der Waals surface area contributed by atoms with Gasteiger partial charge in [-0.15, -0.1) is 0 Å². The van der Waals surface area contributed by atoms with Gasteiger partial charge in [0.25, 0.3) is 0 Å². The number of ether oxygens (including phenoxy) is 2. The molecule has 3 heteroatoms. The standard InChI is InChI=1S/C27H43FO2/c1-3-4-5-20-8-12-21(13-9-20)24-17-29-27(30-18-24)23-14-15-25(26(28)16-23)22-10-6-19(2)7-11-22/h15-16,19-24,27H,3-14,17-18H2,1-2H3. The normalized spacial score (nSPS) is 40.6. The van der Waals surface area contributed by atoms with E-state index in [1.165, 1.54) is 57.8 Å². The van der Waals surface area contributed by atoms with Crippen LogP contribution >= 0.6 is 0 Å². The summed E-state index contributed by atoms with van der Waals surface area (Å²) in [5.41, 5.74) is 0.965. The molecule has 0 aromatic heterocycles. The maximum atomic E-state index is 14.9. The zero-order valence-electron chi connectivity index (χ0n) is 19.3. The summed E-state index contributed by atoms with van der Waals surface area (Å²) in [4.78, 5) is 0. The molecular weight excluding hydrogens is 375 g/mol. The number of hydrogen-bond donors (Lipinski definition) is 0. The van der Waals surface area contributed by atoms with Crippen LogP contribution in [0.5, 0.6) is 0 Å². The lowest BCUT2D eigenvalue weighted by atomic mass is 9.74. The molecule has 1 aliphatic heterocycles. The Kier molecular flexibility index (Phi) is 8.08. The van der Waals surface area contributed by atoms with Crippen molar-refractivity contribution in [2.45, 2.75) is 97.2 Å². The third-order valence-electron chi connectivity index (χ3n) is 8.52. The topological polar surface area (TPSA) is 18.5 Å². The lowest BCUT2D eigenvalue weighted by Gasteiger charge is -2.39. The van der Waals surface area contributed by atoms with Crippen LogP contribution in [0.1, 0.15) is 90.9 Å². The summed E-state index contributed by atoms with van der Waals surface area (Å²) in [7, 11) is 0. The van der Waals surface area contributed by atoms with Gasteiger partial charge in [0.15, 0.2) is 6.29 Å². The summed E-state index contributed by atoms with van der Waals surface area (Å²) in [6.45, 7) is 6.19. The van der Waals surface area contributed by atoms with Gasteiger partial charge in [-0.3, -0.25) is 0 Å². The van der Waals surface area contributed by atoms with Gasteiger partial charge in [0, 0.05) is 11.8 Å². The van der Waals surface area contributed by atoms with Gasteiger partial charge in [0.05, 0.1) is 13.2 Å². The van der Waals surface area contributed by atoms with Crippen LogP contribution in [-0.4, -0.2) is 19.5 Å². The van der Waals surface area contributed by atoms with Crippen molar-refractivity contribution in [2.24, 2.45) is 35.5 Å². The zero-order chi connectivity index (χ0) is 20.9. The van der Waals surface area contributed by atoms with Crippen LogP contribution in [0.4, 0.5) is 4.39 Å². The van der Waals surface area contributed by atoms with Crippen LogP contribution < -0.4 is 0 Å². The molecule has 3 fully saturated rings. The molecule has 1 unspecified atom stereocenters. The van der Waals surface area contributed by atoms with E-state index in [0.717, 1.165) is 55.8 Å². The predicted molar refractivity (Wildman–Crippen MR) is 121 cm³/mol. The number of unbranched alkanes of at least 4 members (excludes halogenated alkanes) is 1. The number of hydrogen-bond acceptors (Lipinski definition) is 2. The summed E-state index contributed by atoms with van der Waals surface area (Å²) in [5, 5.41) is 0. The predicted octanol–water partition coefficient (Wildman–Crippen LogP) is 7.60. The van der Waals surface area contributed by atoms with Crippen LogP contribution in [0.15, 0.2) is 23.6 Å². The van der Waals surface area contributed by atoms with Gasteiger partial charge in [-0.05, 0) is 67.4 Å². The number of rotatable bonds is 6. The van der Waals surface area contributed by atoms with E-state index in [0.29, 0.717) is 11.8 Å². The van der Waals surface area contributed by atoms with Crippen molar-refractivity contribution in [2.75, 3.05) is 13.2 Å². The Morgan fingerprint density at radius 3 is 2.27 bits per heavy atom. The first-order valence-corrected chi connectivity index (χ1v) is 12.9. The third-order valence-corrected chi connectivity index (χ3v) is 8.52. The minimum Gasteiger partial charge on any atom is -0.352 e. The molecule has 4 rings (SSSR count). The van der Waals surface area contributed by atoms with Crippen LogP contribution in [0, 0.1) is 35.5 Å². The lowest BCUT2D eigenvalue weighted by molar-refractivity contribution is -0.225. The van der Waals surface area contributed by atoms with E-state index in [1.54, 1.807) is 6.08 Å². The Morgan fingerprint density at radius 1 is 0.933 bits per heavy atom. The minimum atomic E-state index is -0.267. The molecule has 2 nitrogen and oxygen atoms in total. The molecule has 0 spiro atoms. The molecule has 0 radical (unpaired) electrons. The number of allylic oxidation sites excluding steroid dienone is 3. The molecule has 1 atom stereocenters. The molecule has 0 N–H and O–H groups in total. The number of halogens is 1. The molecule has 1 heterocycles. The molecule has 0 amide bonds. The summed E-state index contributed by atoms with van der Waals surface area (Å²) >= 11 is 0. The Bertz CT molecular complexity index is 588. The maximum Gasteiger partial charge on any atom is 0.164 e. The first kappa shape index (κ1) is 22.5. The van der Waals surface area contributed by atoms with Gasteiger partial charge in [0.2, 0.25) is 0 Å².